The van der Waals surface area contributed by atoms with E-state index < -0.39 is 8.32 Å². The maximum absolute atomic E-state index is 7.09. The van der Waals surface area contributed by atoms with Crippen LogP contribution in [0.2, 0.25) is 5.04 Å². The first-order chi connectivity index (χ1) is 11.5. The normalized spacial score (nSPS) is 19.2. The van der Waals surface area contributed by atoms with Gasteiger partial charge in [0.05, 0.1) is 6.10 Å². The maximum Gasteiger partial charge on any atom is 0.261 e. The fourth-order valence-electron chi connectivity index (χ4n) is 3.86. The van der Waals surface area contributed by atoms with E-state index >= 15 is 0 Å². The third kappa shape index (κ3) is 3.34. The Balaban J connectivity index is 2.13. The molecule has 3 rings (SSSR count). The van der Waals surface area contributed by atoms with Crippen LogP contribution >= 0.6 is 0 Å². The van der Waals surface area contributed by atoms with E-state index in [4.69, 9.17) is 4.43 Å². The van der Waals surface area contributed by atoms with Crippen LogP contribution in [0, 0.1) is 0 Å². The molecule has 0 saturated carbocycles. The molecule has 2 nitrogen and oxygen atoms in total. The van der Waals surface area contributed by atoms with Crippen molar-refractivity contribution in [1.82, 2.24) is 5.32 Å². The molecular weight excluding hydrogens is 310 g/mol. The standard InChI is InChI=1S/C21H29NOSi/c1-21(2,3)24(19-12-6-4-7-13-19,20-14-8-5-9-15-20)23-18-11-10-16-22-17-18/h4-9,12-15,18,22H,10-11,16-17H2,1-3H3/t18-/m0/s1. The van der Waals surface area contributed by atoms with Gasteiger partial charge in [-0.2, -0.15) is 0 Å². The summed E-state index contributed by atoms with van der Waals surface area (Å²) in [5.41, 5.74) is 0. The molecule has 1 heterocycles. The number of hydrogen-bond donors (Lipinski definition) is 1. The Morgan fingerprint density at radius 1 is 0.917 bits per heavy atom. The van der Waals surface area contributed by atoms with Gasteiger partial charge < -0.3 is 9.74 Å². The van der Waals surface area contributed by atoms with Gasteiger partial charge in [-0.05, 0) is 34.8 Å². The second-order valence-electron chi connectivity index (χ2n) is 7.75. The van der Waals surface area contributed by atoms with Gasteiger partial charge in [-0.15, -0.1) is 0 Å². The van der Waals surface area contributed by atoms with Gasteiger partial charge in [0.1, 0.15) is 0 Å². The highest BCUT2D eigenvalue weighted by Crippen LogP contribution is 2.38. The number of benzene rings is 2. The van der Waals surface area contributed by atoms with Crippen LogP contribution in [0.1, 0.15) is 33.6 Å². The fourth-order valence-corrected chi connectivity index (χ4v) is 8.58. The molecule has 1 fully saturated rings. The molecule has 1 aliphatic rings. The van der Waals surface area contributed by atoms with Crippen molar-refractivity contribution < 1.29 is 4.43 Å². The van der Waals surface area contributed by atoms with Crippen LogP contribution in [0.4, 0.5) is 0 Å². The Morgan fingerprint density at radius 2 is 1.46 bits per heavy atom. The Bertz CT molecular complexity index is 590. The predicted molar refractivity (Wildman–Crippen MR) is 105 cm³/mol. The molecule has 0 aliphatic carbocycles. The first kappa shape index (κ1) is 17.4. The minimum Gasteiger partial charge on any atom is -0.403 e. The minimum absolute atomic E-state index is 0.0627. The van der Waals surface area contributed by atoms with Gasteiger partial charge in [-0.25, -0.2) is 0 Å². The van der Waals surface area contributed by atoms with Crippen molar-refractivity contribution in [1.29, 1.82) is 0 Å². The highest BCUT2D eigenvalue weighted by Gasteiger charge is 2.51. The van der Waals surface area contributed by atoms with Crippen LogP contribution in [0.25, 0.3) is 0 Å². The average molecular weight is 340 g/mol. The van der Waals surface area contributed by atoms with Crippen molar-refractivity contribution in [2.75, 3.05) is 13.1 Å². The molecule has 24 heavy (non-hydrogen) atoms. The molecule has 1 N–H and O–H groups in total. The summed E-state index contributed by atoms with van der Waals surface area (Å²) >= 11 is 0. The Labute approximate surface area is 147 Å². The maximum atomic E-state index is 7.09. The van der Waals surface area contributed by atoms with E-state index in [0.717, 1.165) is 19.5 Å². The van der Waals surface area contributed by atoms with Crippen LogP contribution in [0.3, 0.4) is 0 Å². The lowest BCUT2D eigenvalue weighted by molar-refractivity contribution is 0.155. The minimum atomic E-state index is -2.38. The topological polar surface area (TPSA) is 21.3 Å². The lowest BCUT2D eigenvalue weighted by Crippen LogP contribution is -2.68. The molecule has 2 aromatic rings. The van der Waals surface area contributed by atoms with E-state index in [1.807, 2.05) is 0 Å². The van der Waals surface area contributed by atoms with E-state index in [2.05, 4.69) is 86.8 Å². The highest BCUT2D eigenvalue weighted by molar-refractivity contribution is 6.99. The molecule has 1 aliphatic heterocycles. The van der Waals surface area contributed by atoms with Crippen LogP contribution in [0.15, 0.2) is 60.7 Å². The van der Waals surface area contributed by atoms with Gasteiger partial charge in [0, 0.05) is 6.54 Å². The molecule has 1 saturated heterocycles. The largest absolute Gasteiger partial charge is 0.403 e. The smallest absolute Gasteiger partial charge is 0.261 e. The van der Waals surface area contributed by atoms with E-state index in [-0.39, 0.29) is 5.04 Å². The lowest BCUT2D eigenvalue weighted by atomic mass is 10.1. The summed E-state index contributed by atoms with van der Waals surface area (Å²) in [6, 6.07) is 21.8. The second-order valence-corrected chi connectivity index (χ2v) is 12.0. The van der Waals surface area contributed by atoms with Crippen molar-refractivity contribution >= 4 is 18.7 Å². The summed E-state index contributed by atoms with van der Waals surface area (Å²) in [5, 5.41) is 6.31. The highest BCUT2D eigenvalue weighted by atomic mass is 28.4. The van der Waals surface area contributed by atoms with Gasteiger partial charge >= 0.3 is 0 Å². The molecule has 0 spiro atoms. The SMILES string of the molecule is CC(C)(C)[Si](O[C@H]1CCCNC1)(c1ccccc1)c1ccccc1. The fraction of sp³-hybridized carbons (Fsp3) is 0.429. The third-order valence-electron chi connectivity index (χ3n) is 5.01. The molecular formula is C21H29NOSi. The Kier molecular flexibility index (Phi) is 5.23. The van der Waals surface area contributed by atoms with Crippen molar-refractivity contribution in [3.05, 3.63) is 60.7 Å². The number of hydrogen-bond acceptors (Lipinski definition) is 2. The van der Waals surface area contributed by atoms with Gasteiger partial charge in [0.2, 0.25) is 0 Å². The molecule has 0 amide bonds. The van der Waals surface area contributed by atoms with Crippen LogP contribution < -0.4 is 15.7 Å². The van der Waals surface area contributed by atoms with E-state index in [9.17, 15) is 0 Å². The molecule has 128 valence electrons. The van der Waals surface area contributed by atoms with E-state index in [0.29, 0.717) is 6.10 Å². The summed E-state index contributed by atoms with van der Waals surface area (Å²) in [5.74, 6) is 0. The van der Waals surface area contributed by atoms with Crippen molar-refractivity contribution in [2.24, 2.45) is 0 Å². The zero-order chi connectivity index (χ0) is 17.0. The van der Waals surface area contributed by atoms with Crippen LogP contribution in [-0.2, 0) is 4.43 Å². The van der Waals surface area contributed by atoms with Gasteiger partial charge in [0.15, 0.2) is 0 Å². The van der Waals surface area contributed by atoms with Crippen LogP contribution in [-0.4, -0.2) is 27.5 Å². The molecule has 1 atom stereocenters. The summed E-state index contributed by atoms with van der Waals surface area (Å²) in [6.07, 6.45) is 2.64. The zero-order valence-corrected chi connectivity index (χ0v) is 16.1. The van der Waals surface area contributed by atoms with E-state index in [1.54, 1.807) is 0 Å². The summed E-state index contributed by atoms with van der Waals surface area (Å²) in [6.45, 7) is 9.10. The number of nitrogens with one attached hydrogen (secondary N) is 1. The molecule has 0 unspecified atom stereocenters. The monoisotopic (exact) mass is 339 g/mol. The molecule has 3 heteroatoms. The van der Waals surface area contributed by atoms with Crippen molar-refractivity contribution in [3.8, 4) is 0 Å². The van der Waals surface area contributed by atoms with Crippen molar-refractivity contribution in [3.63, 3.8) is 0 Å². The Hall–Kier alpha value is -1.42. The Morgan fingerprint density at radius 3 is 1.88 bits per heavy atom. The first-order valence-corrected chi connectivity index (χ1v) is 10.9. The molecule has 0 radical (unpaired) electrons. The summed E-state index contributed by atoms with van der Waals surface area (Å²) < 4.78 is 7.09. The van der Waals surface area contributed by atoms with Gasteiger partial charge in [-0.3, -0.25) is 0 Å². The molecule has 0 bridgehead atoms. The average Bonchev–Trinajstić information content (AvgIpc) is 2.61. The zero-order valence-electron chi connectivity index (χ0n) is 15.1. The number of rotatable bonds is 4. The second kappa shape index (κ2) is 7.22. The van der Waals surface area contributed by atoms with Crippen LogP contribution in [0.5, 0.6) is 0 Å². The quantitative estimate of drug-likeness (QED) is 0.863. The molecule has 0 aromatic heterocycles. The van der Waals surface area contributed by atoms with Crippen molar-refractivity contribution in [2.45, 2.75) is 44.8 Å². The summed E-state index contributed by atoms with van der Waals surface area (Å²) in [4.78, 5) is 0. The predicted octanol–water partition coefficient (Wildman–Crippen LogP) is 3.32. The third-order valence-corrected chi connectivity index (χ3v) is 10.1. The van der Waals surface area contributed by atoms with Gasteiger partial charge in [-0.1, -0.05) is 81.4 Å². The van der Waals surface area contributed by atoms with E-state index in [1.165, 1.54) is 16.8 Å². The summed E-state index contributed by atoms with van der Waals surface area (Å²) in [7, 11) is -2.38. The first-order valence-electron chi connectivity index (χ1n) is 9.03. The lowest BCUT2D eigenvalue weighted by Gasteiger charge is -2.45. The molecule has 2 aromatic carbocycles. The van der Waals surface area contributed by atoms with Gasteiger partial charge in [0.25, 0.3) is 8.32 Å². The number of piperidine rings is 1.